The van der Waals surface area contributed by atoms with Crippen LogP contribution in [0.5, 0.6) is 11.5 Å². The van der Waals surface area contributed by atoms with Crippen LogP contribution in [0, 0.1) is 5.92 Å². The van der Waals surface area contributed by atoms with Crippen molar-refractivity contribution in [3.8, 4) is 11.5 Å². The molecule has 2 nitrogen and oxygen atoms in total. The van der Waals surface area contributed by atoms with Crippen molar-refractivity contribution in [3.05, 3.63) is 24.3 Å². The third-order valence-corrected chi connectivity index (χ3v) is 3.00. The Morgan fingerprint density at radius 3 is 2.22 bits per heavy atom. The summed E-state index contributed by atoms with van der Waals surface area (Å²) in [6, 6.07) is 7.84. The Kier molecular flexibility index (Phi) is 7.66. The fourth-order valence-electron chi connectivity index (χ4n) is 1.60. The van der Waals surface area contributed by atoms with Crippen molar-refractivity contribution in [3.63, 3.8) is 0 Å². The van der Waals surface area contributed by atoms with Crippen LogP contribution in [0.3, 0.4) is 0 Å². The summed E-state index contributed by atoms with van der Waals surface area (Å²) in [5.41, 5.74) is 0. The third kappa shape index (κ3) is 5.63. The summed E-state index contributed by atoms with van der Waals surface area (Å²) >= 11 is 5.71. The van der Waals surface area contributed by atoms with Crippen LogP contribution in [0.4, 0.5) is 0 Å². The maximum Gasteiger partial charge on any atom is 0.161 e. The second kappa shape index (κ2) is 9.09. The fraction of sp³-hybridized carbons (Fsp3) is 0.600. The molecule has 0 spiro atoms. The van der Waals surface area contributed by atoms with Gasteiger partial charge in [0.05, 0.1) is 13.2 Å². The van der Waals surface area contributed by atoms with Gasteiger partial charge in [0.25, 0.3) is 0 Å². The molecule has 18 heavy (non-hydrogen) atoms. The summed E-state index contributed by atoms with van der Waals surface area (Å²) in [6.45, 7) is 5.73. The van der Waals surface area contributed by atoms with Crippen molar-refractivity contribution >= 4 is 11.6 Å². The van der Waals surface area contributed by atoms with Gasteiger partial charge >= 0.3 is 0 Å². The minimum absolute atomic E-state index is 0.603. The molecular formula is C15H23ClO2. The van der Waals surface area contributed by atoms with E-state index in [9.17, 15) is 0 Å². The molecule has 1 atom stereocenters. The fourth-order valence-corrected chi connectivity index (χ4v) is 1.97. The maximum absolute atomic E-state index is 5.78. The highest BCUT2D eigenvalue weighted by Gasteiger charge is 2.05. The second-order valence-corrected chi connectivity index (χ2v) is 4.89. The SMILES string of the molecule is CCCOc1ccccc1OCCC(C)CCCl. The van der Waals surface area contributed by atoms with Gasteiger partial charge < -0.3 is 9.47 Å². The molecule has 1 rings (SSSR count). The predicted octanol–water partition coefficient (Wildman–Crippen LogP) is 4.51. The first-order valence-electron chi connectivity index (χ1n) is 6.68. The lowest BCUT2D eigenvalue weighted by Gasteiger charge is -2.14. The lowest BCUT2D eigenvalue weighted by Crippen LogP contribution is -2.06. The van der Waals surface area contributed by atoms with Gasteiger partial charge in [-0.05, 0) is 37.3 Å². The Balaban J connectivity index is 2.40. The van der Waals surface area contributed by atoms with Gasteiger partial charge in [-0.25, -0.2) is 0 Å². The first kappa shape index (κ1) is 15.2. The summed E-state index contributed by atoms with van der Waals surface area (Å²) < 4.78 is 11.4. The molecule has 0 N–H and O–H groups in total. The van der Waals surface area contributed by atoms with Gasteiger partial charge in [0, 0.05) is 5.88 Å². The van der Waals surface area contributed by atoms with Crippen LogP contribution in [0.2, 0.25) is 0 Å². The van der Waals surface area contributed by atoms with E-state index in [1.165, 1.54) is 0 Å². The van der Waals surface area contributed by atoms with Gasteiger partial charge in [-0.15, -0.1) is 11.6 Å². The maximum atomic E-state index is 5.78. The van der Waals surface area contributed by atoms with E-state index in [0.29, 0.717) is 12.5 Å². The van der Waals surface area contributed by atoms with Gasteiger partial charge in [-0.2, -0.15) is 0 Å². The first-order chi connectivity index (χ1) is 8.77. The number of ether oxygens (including phenoxy) is 2. The molecule has 0 aromatic heterocycles. The van der Waals surface area contributed by atoms with Crippen molar-refractivity contribution in [2.45, 2.75) is 33.1 Å². The molecule has 1 aromatic carbocycles. The van der Waals surface area contributed by atoms with E-state index in [-0.39, 0.29) is 0 Å². The molecule has 102 valence electrons. The Hall–Kier alpha value is -0.890. The zero-order valence-corrected chi connectivity index (χ0v) is 12.1. The average molecular weight is 271 g/mol. The van der Waals surface area contributed by atoms with Crippen LogP contribution < -0.4 is 9.47 Å². The van der Waals surface area contributed by atoms with Crippen LogP contribution in [0.15, 0.2) is 24.3 Å². The molecule has 1 unspecified atom stereocenters. The Labute approximate surface area is 115 Å². The minimum atomic E-state index is 0.603. The summed E-state index contributed by atoms with van der Waals surface area (Å²) in [6.07, 6.45) is 3.06. The molecule has 0 aliphatic heterocycles. The molecule has 0 aliphatic rings. The molecule has 0 heterocycles. The van der Waals surface area contributed by atoms with Crippen LogP contribution in [0.25, 0.3) is 0 Å². The second-order valence-electron chi connectivity index (χ2n) is 4.52. The topological polar surface area (TPSA) is 18.5 Å². The molecule has 0 aliphatic carbocycles. The molecule has 0 bridgehead atoms. The Morgan fingerprint density at radius 1 is 1.06 bits per heavy atom. The highest BCUT2D eigenvalue weighted by molar-refractivity contribution is 6.17. The lowest BCUT2D eigenvalue weighted by atomic mass is 10.1. The molecule has 3 heteroatoms. The van der Waals surface area contributed by atoms with E-state index >= 15 is 0 Å². The highest BCUT2D eigenvalue weighted by Crippen LogP contribution is 2.27. The van der Waals surface area contributed by atoms with E-state index in [1.807, 2.05) is 24.3 Å². The van der Waals surface area contributed by atoms with Gasteiger partial charge in [0.15, 0.2) is 11.5 Å². The Bertz CT molecular complexity index is 328. The average Bonchev–Trinajstić information content (AvgIpc) is 2.38. The van der Waals surface area contributed by atoms with Crippen LogP contribution in [-0.4, -0.2) is 19.1 Å². The zero-order valence-electron chi connectivity index (χ0n) is 11.3. The standard InChI is InChI=1S/C15H23ClO2/c1-3-11-17-14-6-4-5-7-15(14)18-12-9-13(2)8-10-16/h4-7,13H,3,8-12H2,1-2H3. The number of hydrogen-bond acceptors (Lipinski definition) is 2. The quantitative estimate of drug-likeness (QED) is 0.615. The van der Waals surface area contributed by atoms with Crippen LogP contribution >= 0.6 is 11.6 Å². The van der Waals surface area contributed by atoms with Crippen molar-refractivity contribution in [1.82, 2.24) is 0 Å². The largest absolute Gasteiger partial charge is 0.490 e. The predicted molar refractivity (Wildman–Crippen MR) is 76.8 cm³/mol. The number of hydrogen-bond donors (Lipinski definition) is 0. The number of para-hydroxylation sites is 2. The molecule has 0 saturated carbocycles. The van der Waals surface area contributed by atoms with Gasteiger partial charge in [-0.1, -0.05) is 26.0 Å². The zero-order chi connectivity index (χ0) is 13.2. The van der Waals surface area contributed by atoms with Gasteiger partial charge in [-0.3, -0.25) is 0 Å². The van der Waals surface area contributed by atoms with Crippen molar-refractivity contribution in [2.75, 3.05) is 19.1 Å². The summed E-state index contributed by atoms with van der Waals surface area (Å²) in [5.74, 6) is 3.00. The molecule has 0 fully saturated rings. The first-order valence-corrected chi connectivity index (χ1v) is 7.22. The number of benzene rings is 1. The Morgan fingerprint density at radius 2 is 1.67 bits per heavy atom. The van der Waals surface area contributed by atoms with Gasteiger partial charge in [0.2, 0.25) is 0 Å². The van der Waals surface area contributed by atoms with E-state index in [2.05, 4.69) is 13.8 Å². The summed E-state index contributed by atoms with van der Waals surface area (Å²) in [4.78, 5) is 0. The molecular weight excluding hydrogens is 248 g/mol. The highest BCUT2D eigenvalue weighted by atomic mass is 35.5. The number of alkyl halides is 1. The molecule has 0 amide bonds. The van der Waals surface area contributed by atoms with E-state index < -0.39 is 0 Å². The van der Waals surface area contributed by atoms with Crippen LogP contribution in [0.1, 0.15) is 33.1 Å². The van der Waals surface area contributed by atoms with E-state index in [1.54, 1.807) is 0 Å². The van der Waals surface area contributed by atoms with E-state index in [4.69, 9.17) is 21.1 Å². The van der Waals surface area contributed by atoms with Crippen LogP contribution in [-0.2, 0) is 0 Å². The summed E-state index contributed by atoms with van der Waals surface area (Å²) in [5, 5.41) is 0. The normalized spacial score (nSPS) is 12.2. The van der Waals surface area contributed by atoms with Crippen molar-refractivity contribution in [2.24, 2.45) is 5.92 Å². The minimum Gasteiger partial charge on any atom is -0.490 e. The number of rotatable bonds is 9. The van der Waals surface area contributed by atoms with E-state index in [0.717, 1.165) is 43.2 Å². The smallest absolute Gasteiger partial charge is 0.161 e. The summed E-state index contributed by atoms with van der Waals surface area (Å²) in [7, 11) is 0. The monoisotopic (exact) mass is 270 g/mol. The molecule has 0 saturated heterocycles. The van der Waals surface area contributed by atoms with Crippen molar-refractivity contribution < 1.29 is 9.47 Å². The molecule has 0 radical (unpaired) electrons. The van der Waals surface area contributed by atoms with Gasteiger partial charge in [0.1, 0.15) is 0 Å². The van der Waals surface area contributed by atoms with Crippen molar-refractivity contribution in [1.29, 1.82) is 0 Å². The number of halogens is 1. The lowest BCUT2D eigenvalue weighted by molar-refractivity contribution is 0.252. The molecule has 1 aromatic rings. The third-order valence-electron chi connectivity index (χ3n) is 2.78.